The van der Waals surface area contributed by atoms with Crippen LogP contribution in [-0.2, 0) is 0 Å². The molecule has 0 radical (unpaired) electrons. The van der Waals surface area contributed by atoms with Crippen molar-refractivity contribution in [3.63, 3.8) is 0 Å². The Balaban J connectivity index is 1.27. The molecule has 0 unspecified atom stereocenters. The zero-order valence-corrected chi connectivity index (χ0v) is 27.0. The van der Waals surface area contributed by atoms with Crippen LogP contribution in [0.2, 0.25) is 0 Å². The molecule has 0 N–H and O–H groups in total. The molecule has 10 aromatic rings. The molecule has 5 nitrogen and oxygen atoms in total. The Bertz CT molecular complexity index is 2810. The minimum absolute atomic E-state index is 0.578. The van der Waals surface area contributed by atoms with Crippen LogP contribution in [-0.4, -0.2) is 24.1 Å². The van der Waals surface area contributed by atoms with Crippen molar-refractivity contribution in [2.75, 3.05) is 0 Å². The molecule has 0 aliphatic heterocycles. The van der Waals surface area contributed by atoms with E-state index < -0.39 is 0 Å². The van der Waals surface area contributed by atoms with Gasteiger partial charge in [-0.3, -0.25) is 4.57 Å². The van der Waals surface area contributed by atoms with E-state index in [9.17, 15) is 0 Å². The fourth-order valence-corrected chi connectivity index (χ4v) is 7.34. The second kappa shape index (κ2) is 11.4. The Hall–Kier alpha value is -6.85. The molecular weight excluding hydrogens is 611 g/mol. The molecular formula is C45H29N5. The summed E-state index contributed by atoms with van der Waals surface area (Å²) in [6.07, 6.45) is 0. The van der Waals surface area contributed by atoms with Crippen molar-refractivity contribution in [3.8, 4) is 45.5 Å². The summed E-state index contributed by atoms with van der Waals surface area (Å²) in [5.41, 5.74) is 9.55. The van der Waals surface area contributed by atoms with E-state index in [0.717, 1.165) is 49.7 Å². The SMILES string of the molecule is c1ccc(-c2ccc3c4ccccc4n(-c4ccccc4-c4nc(-c5ccccc5)nc(-n5c6ccccc6c6ccccc65)n4)c3c2)cc1. The Morgan fingerprint density at radius 3 is 1.48 bits per heavy atom. The molecule has 0 aliphatic rings. The molecule has 0 atom stereocenters. The number of hydrogen-bond acceptors (Lipinski definition) is 3. The molecule has 3 heterocycles. The summed E-state index contributed by atoms with van der Waals surface area (Å²) in [5, 5.41) is 4.71. The van der Waals surface area contributed by atoms with Gasteiger partial charge in [-0.1, -0.05) is 140 Å². The van der Waals surface area contributed by atoms with Gasteiger partial charge in [0.25, 0.3) is 0 Å². The summed E-state index contributed by atoms with van der Waals surface area (Å²) in [7, 11) is 0. The van der Waals surface area contributed by atoms with E-state index in [1.165, 1.54) is 21.9 Å². The van der Waals surface area contributed by atoms with Gasteiger partial charge in [-0.25, -0.2) is 4.98 Å². The monoisotopic (exact) mass is 639 g/mol. The van der Waals surface area contributed by atoms with Crippen LogP contribution in [0.25, 0.3) is 89.2 Å². The average molecular weight is 640 g/mol. The van der Waals surface area contributed by atoms with E-state index in [2.05, 4.69) is 167 Å². The van der Waals surface area contributed by atoms with Crippen LogP contribution in [0.1, 0.15) is 0 Å². The number of fused-ring (bicyclic) bond motifs is 6. The molecule has 10 rings (SSSR count). The summed E-state index contributed by atoms with van der Waals surface area (Å²) in [4.78, 5) is 15.6. The highest BCUT2D eigenvalue weighted by molar-refractivity contribution is 6.11. The predicted octanol–water partition coefficient (Wildman–Crippen LogP) is 11.1. The van der Waals surface area contributed by atoms with Gasteiger partial charge in [0.1, 0.15) is 0 Å². The van der Waals surface area contributed by atoms with Crippen molar-refractivity contribution < 1.29 is 0 Å². The number of para-hydroxylation sites is 4. The Morgan fingerprint density at radius 2 is 0.820 bits per heavy atom. The predicted molar refractivity (Wildman–Crippen MR) is 205 cm³/mol. The van der Waals surface area contributed by atoms with Gasteiger partial charge in [-0.2, -0.15) is 9.97 Å². The van der Waals surface area contributed by atoms with Crippen LogP contribution in [0.5, 0.6) is 0 Å². The largest absolute Gasteiger partial charge is 0.308 e. The number of benzene rings is 7. The number of nitrogens with zero attached hydrogens (tertiary/aromatic N) is 5. The van der Waals surface area contributed by atoms with Gasteiger partial charge in [-0.05, 0) is 47.5 Å². The first kappa shape index (κ1) is 28.2. The fourth-order valence-electron chi connectivity index (χ4n) is 7.34. The first-order valence-electron chi connectivity index (χ1n) is 16.8. The molecule has 234 valence electrons. The molecule has 0 saturated carbocycles. The van der Waals surface area contributed by atoms with Gasteiger partial charge in [0.15, 0.2) is 11.6 Å². The third-order valence-electron chi connectivity index (χ3n) is 9.60. The summed E-state index contributed by atoms with van der Waals surface area (Å²) in [5.74, 6) is 1.81. The van der Waals surface area contributed by atoms with E-state index in [1.54, 1.807) is 0 Å². The summed E-state index contributed by atoms with van der Waals surface area (Å²) in [6.45, 7) is 0. The van der Waals surface area contributed by atoms with E-state index in [1.807, 2.05) is 18.2 Å². The second-order valence-corrected chi connectivity index (χ2v) is 12.5. The fraction of sp³-hybridized carbons (Fsp3) is 0. The van der Waals surface area contributed by atoms with E-state index in [0.29, 0.717) is 17.6 Å². The van der Waals surface area contributed by atoms with Gasteiger partial charge in [-0.15, -0.1) is 0 Å². The molecule has 3 aromatic heterocycles. The second-order valence-electron chi connectivity index (χ2n) is 12.5. The van der Waals surface area contributed by atoms with Gasteiger partial charge in [0.2, 0.25) is 5.95 Å². The smallest absolute Gasteiger partial charge is 0.238 e. The van der Waals surface area contributed by atoms with Crippen LogP contribution in [0.4, 0.5) is 0 Å². The molecule has 7 aromatic carbocycles. The van der Waals surface area contributed by atoms with Gasteiger partial charge >= 0.3 is 0 Å². The minimum Gasteiger partial charge on any atom is -0.308 e. The summed E-state index contributed by atoms with van der Waals surface area (Å²) in [6, 6.07) is 61.4. The lowest BCUT2D eigenvalue weighted by atomic mass is 10.0. The van der Waals surface area contributed by atoms with E-state index in [4.69, 9.17) is 15.0 Å². The standard InChI is InChI=1S/C45H29N5/c1-3-15-30(16-4-1)32-27-28-36-35-21-7-11-23-38(35)49(42(36)29-32)41-26-14-10-22-37(41)44-46-43(31-17-5-2-6-18-31)47-45(48-44)50-39-24-12-8-19-33(39)34-20-9-13-25-40(34)50/h1-29H. The first-order chi connectivity index (χ1) is 24.8. The zero-order valence-electron chi connectivity index (χ0n) is 27.0. The van der Waals surface area contributed by atoms with Crippen LogP contribution in [0, 0.1) is 0 Å². The van der Waals surface area contributed by atoms with E-state index in [-0.39, 0.29) is 0 Å². The highest BCUT2D eigenvalue weighted by atomic mass is 15.2. The lowest BCUT2D eigenvalue weighted by Gasteiger charge is -2.15. The Morgan fingerprint density at radius 1 is 0.320 bits per heavy atom. The van der Waals surface area contributed by atoms with Crippen molar-refractivity contribution in [2.24, 2.45) is 0 Å². The summed E-state index contributed by atoms with van der Waals surface area (Å²) >= 11 is 0. The zero-order chi connectivity index (χ0) is 33.0. The molecule has 0 saturated heterocycles. The van der Waals surface area contributed by atoms with Crippen LogP contribution in [0.3, 0.4) is 0 Å². The molecule has 0 bridgehead atoms. The summed E-state index contributed by atoms with van der Waals surface area (Å²) < 4.78 is 4.52. The Kier molecular flexibility index (Phi) is 6.42. The van der Waals surface area contributed by atoms with Gasteiger partial charge in [0.05, 0.1) is 27.8 Å². The molecule has 50 heavy (non-hydrogen) atoms. The molecule has 0 fully saturated rings. The normalized spacial score (nSPS) is 11.6. The van der Waals surface area contributed by atoms with Crippen molar-refractivity contribution >= 4 is 43.6 Å². The highest BCUT2D eigenvalue weighted by Crippen LogP contribution is 2.38. The Labute approximate surface area is 288 Å². The quantitative estimate of drug-likeness (QED) is 0.188. The number of hydrogen-bond donors (Lipinski definition) is 0. The van der Waals surface area contributed by atoms with Gasteiger partial charge in [0, 0.05) is 32.7 Å². The van der Waals surface area contributed by atoms with Crippen LogP contribution >= 0.6 is 0 Å². The minimum atomic E-state index is 0.578. The average Bonchev–Trinajstić information content (AvgIpc) is 3.71. The van der Waals surface area contributed by atoms with Gasteiger partial charge < -0.3 is 4.57 Å². The third kappa shape index (κ3) is 4.45. The molecule has 0 amide bonds. The van der Waals surface area contributed by atoms with Crippen molar-refractivity contribution in [3.05, 3.63) is 176 Å². The maximum atomic E-state index is 5.30. The lowest BCUT2D eigenvalue weighted by Crippen LogP contribution is -2.07. The highest BCUT2D eigenvalue weighted by Gasteiger charge is 2.21. The van der Waals surface area contributed by atoms with Crippen molar-refractivity contribution in [2.45, 2.75) is 0 Å². The third-order valence-corrected chi connectivity index (χ3v) is 9.60. The maximum Gasteiger partial charge on any atom is 0.238 e. The first-order valence-corrected chi connectivity index (χ1v) is 16.8. The number of rotatable bonds is 5. The topological polar surface area (TPSA) is 48.5 Å². The van der Waals surface area contributed by atoms with E-state index >= 15 is 0 Å². The molecule has 5 heteroatoms. The van der Waals surface area contributed by atoms with Crippen molar-refractivity contribution in [1.29, 1.82) is 0 Å². The van der Waals surface area contributed by atoms with Crippen LogP contribution < -0.4 is 0 Å². The molecule has 0 aliphatic carbocycles. The molecule has 0 spiro atoms. The maximum absolute atomic E-state index is 5.30. The van der Waals surface area contributed by atoms with Crippen molar-refractivity contribution in [1.82, 2.24) is 24.1 Å². The lowest BCUT2D eigenvalue weighted by molar-refractivity contribution is 0.951. The number of aromatic nitrogens is 5. The van der Waals surface area contributed by atoms with Crippen LogP contribution in [0.15, 0.2) is 176 Å².